The number of hydrogen-bond acceptors (Lipinski definition) is 4. The minimum Gasteiger partial charge on any atom is -0.448 e. The number of Topliss-reactive ketones (excluding diaryl/α,β-unsaturated/α-hetero) is 1. The standard InChI is InChI=1S/C31H29F2NO4/c32-30(33)38-23-10-5-7-19(17-23)29(35)20-15-21-8-6-9-22(16-20)34(21)31(36)37-18-28-26-13-3-1-11-24(26)25-12-2-4-14-27(25)28/h1-5,7,10-14,17,20-22,28,30H,6,8-9,15-16,18H2. The van der Waals surface area contributed by atoms with E-state index in [1.165, 1.54) is 34.4 Å². The Morgan fingerprint density at radius 2 is 1.50 bits per heavy atom. The van der Waals surface area contributed by atoms with Crippen molar-refractivity contribution in [3.8, 4) is 16.9 Å². The lowest BCUT2D eigenvalue weighted by atomic mass is 9.76. The third kappa shape index (κ3) is 4.55. The van der Waals surface area contributed by atoms with Gasteiger partial charge in [-0.2, -0.15) is 8.78 Å². The summed E-state index contributed by atoms with van der Waals surface area (Å²) < 4.78 is 35.7. The van der Waals surface area contributed by atoms with Crippen molar-refractivity contribution in [3.05, 3.63) is 89.5 Å². The Hall–Kier alpha value is -3.74. The van der Waals surface area contributed by atoms with Crippen LogP contribution in [0, 0.1) is 5.92 Å². The highest BCUT2D eigenvalue weighted by Crippen LogP contribution is 2.45. The molecule has 1 amide bonds. The van der Waals surface area contributed by atoms with E-state index in [9.17, 15) is 18.4 Å². The molecule has 2 saturated heterocycles. The molecule has 0 saturated carbocycles. The summed E-state index contributed by atoms with van der Waals surface area (Å²) in [6, 6.07) is 22.3. The quantitative estimate of drug-likeness (QED) is 0.329. The Kier molecular flexibility index (Phi) is 6.60. The number of hydrogen-bond donors (Lipinski definition) is 0. The van der Waals surface area contributed by atoms with Crippen LogP contribution in [0.2, 0.25) is 0 Å². The van der Waals surface area contributed by atoms with Gasteiger partial charge in [-0.25, -0.2) is 4.79 Å². The van der Waals surface area contributed by atoms with Crippen molar-refractivity contribution in [1.82, 2.24) is 4.90 Å². The van der Waals surface area contributed by atoms with Gasteiger partial charge in [0, 0.05) is 29.5 Å². The molecule has 5 nitrogen and oxygen atoms in total. The number of amides is 1. The normalized spacial score (nSPS) is 22.1. The smallest absolute Gasteiger partial charge is 0.410 e. The van der Waals surface area contributed by atoms with Crippen LogP contribution in [0.3, 0.4) is 0 Å². The monoisotopic (exact) mass is 517 g/mol. The van der Waals surface area contributed by atoms with Gasteiger partial charge < -0.3 is 14.4 Å². The summed E-state index contributed by atoms with van der Waals surface area (Å²) >= 11 is 0. The minimum absolute atomic E-state index is 0.00644. The molecule has 0 spiro atoms. The number of nitrogens with zero attached hydrogens (tertiary/aromatic N) is 1. The van der Waals surface area contributed by atoms with Gasteiger partial charge in [0.2, 0.25) is 0 Å². The van der Waals surface area contributed by atoms with E-state index < -0.39 is 6.61 Å². The van der Waals surface area contributed by atoms with Gasteiger partial charge in [0.05, 0.1) is 0 Å². The molecule has 7 heteroatoms. The van der Waals surface area contributed by atoms with Gasteiger partial charge in [-0.15, -0.1) is 0 Å². The van der Waals surface area contributed by atoms with E-state index in [2.05, 4.69) is 29.0 Å². The first-order chi connectivity index (χ1) is 18.5. The highest BCUT2D eigenvalue weighted by molar-refractivity contribution is 5.98. The predicted molar refractivity (Wildman–Crippen MR) is 138 cm³/mol. The third-order valence-electron chi connectivity index (χ3n) is 8.24. The van der Waals surface area contributed by atoms with Crippen molar-refractivity contribution < 1.29 is 27.8 Å². The first-order valence-corrected chi connectivity index (χ1v) is 13.2. The van der Waals surface area contributed by atoms with Gasteiger partial charge in [-0.1, -0.05) is 60.7 Å². The molecule has 0 aromatic heterocycles. The fourth-order valence-corrected chi connectivity index (χ4v) is 6.62. The molecule has 196 valence electrons. The Morgan fingerprint density at radius 1 is 0.868 bits per heavy atom. The van der Waals surface area contributed by atoms with Gasteiger partial charge in [0.1, 0.15) is 12.4 Å². The van der Waals surface area contributed by atoms with Crippen molar-refractivity contribution in [2.45, 2.75) is 56.7 Å². The van der Waals surface area contributed by atoms with Crippen LogP contribution in [0.15, 0.2) is 72.8 Å². The maximum atomic E-state index is 13.4. The second kappa shape index (κ2) is 10.2. The first-order valence-electron chi connectivity index (χ1n) is 13.2. The van der Waals surface area contributed by atoms with E-state index in [0.717, 1.165) is 19.3 Å². The van der Waals surface area contributed by atoms with Gasteiger partial charge in [0.15, 0.2) is 5.78 Å². The van der Waals surface area contributed by atoms with Crippen molar-refractivity contribution in [2.24, 2.45) is 5.92 Å². The van der Waals surface area contributed by atoms with E-state index >= 15 is 0 Å². The number of rotatable bonds is 6. The van der Waals surface area contributed by atoms with E-state index in [0.29, 0.717) is 18.4 Å². The zero-order chi connectivity index (χ0) is 26.2. The molecule has 3 aromatic rings. The van der Waals surface area contributed by atoms with Crippen molar-refractivity contribution in [2.75, 3.05) is 6.61 Å². The van der Waals surface area contributed by atoms with Gasteiger partial charge in [-0.3, -0.25) is 4.79 Å². The highest BCUT2D eigenvalue weighted by atomic mass is 19.3. The molecule has 2 aliphatic heterocycles. The fraction of sp³-hybridized carbons (Fsp3) is 0.355. The topological polar surface area (TPSA) is 55.8 Å². The van der Waals surface area contributed by atoms with Crippen LogP contribution >= 0.6 is 0 Å². The maximum absolute atomic E-state index is 13.4. The first kappa shape index (κ1) is 24.6. The summed E-state index contributed by atoms with van der Waals surface area (Å²) in [5.74, 6) is -0.395. The number of benzene rings is 3. The van der Waals surface area contributed by atoms with Gasteiger partial charge >= 0.3 is 12.7 Å². The van der Waals surface area contributed by atoms with Crippen LogP contribution in [0.4, 0.5) is 13.6 Å². The summed E-state index contributed by atoms with van der Waals surface area (Å²) in [5.41, 5.74) is 5.07. The summed E-state index contributed by atoms with van der Waals surface area (Å²) in [7, 11) is 0. The fourth-order valence-electron chi connectivity index (χ4n) is 6.62. The third-order valence-corrected chi connectivity index (χ3v) is 8.24. The zero-order valence-electron chi connectivity index (χ0n) is 20.9. The summed E-state index contributed by atoms with van der Waals surface area (Å²) in [6.07, 6.45) is 3.40. The number of carbonyl (C=O) groups is 2. The Labute approximate surface area is 220 Å². The Balaban J connectivity index is 1.14. The molecule has 2 heterocycles. The molecule has 6 rings (SSSR count). The summed E-state index contributed by atoms with van der Waals surface area (Å²) in [5, 5.41) is 0. The number of fused-ring (bicyclic) bond motifs is 5. The molecule has 3 aliphatic rings. The van der Waals surface area contributed by atoms with Crippen molar-refractivity contribution in [3.63, 3.8) is 0 Å². The van der Waals surface area contributed by atoms with E-state index in [1.807, 2.05) is 29.2 Å². The molecule has 0 radical (unpaired) electrons. The number of carbonyl (C=O) groups excluding carboxylic acids is 2. The predicted octanol–water partition coefficient (Wildman–Crippen LogP) is 7.05. The number of ketones is 1. The minimum atomic E-state index is -2.94. The van der Waals surface area contributed by atoms with E-state index in [1.54, 1.807) is 12.1 Å². The lowest BCUT2D eigenvalue weighted by molar-refractivity contribution is -0.0498. The molecular weight excluding hydrogens is 488 g/mol. The van der Waals surface area contributed by atoms with Crippen LogP contribution in [0.5, 0.6) is 5.75 Å². The lowest BCUT2D eigenvalue weighted by Gasteiger charge is -2.47. The van der Waals surface area contributed by atoms with Crippen LogP contribution in [0.1, 0.15) is 59.5 Å². The van der Waals surface area contributed by atoms with Crippen LogP contribution in [-0.2, 0) is 4.74 Å². The molecule has 2 unspecified atom stereocenters. The molecule has 0 N–H and O–H groups in total. The van der Waals surface area contributed by atoms with E-state index in [-0.39, 0.29) is 48.2 Å². The number of ether oxygens (including phenoxy) is 2. The Morgan fingerprint density at radius 3 is 2.13 bits per heavy atom. The van der Waals surface area contributed by atoms with E-state index in [4.69, 9.17) is 4.74 Å². The van der Waals surface area contributed by atoms with Crippen molar-refractivity contribution in [1.29, 1.82) is 0 Å². The molecule has 2 atom stereocenters. The summed E-state index contributed by atoms with van der Waals surface area (Å²) in [6.45, 7) is -2.68. The molecule has 38 heavy (non-hydrogen) atoms. The van der Waals surface area contributed by atoms with Crippen LogP contribution in [-0.4, -0.2) is 42.1 Å². The van der Waals surface area contributed by atoms with Crippen LogP contribution in [0.25, 0.3) is 11.1 Å². The average Bonchev–Trinajstić information content (AvgIpc) is 3.24. The second-order valence-electron chi connectivity index (χ2n) is 10.4. The molecular formula is C31H29F2NO4. The summed E-state index contributed by atoms with van der Waals surface area (Å²) in [4.78, 5) is 28.6. The molecule has 2 bridgehead atoms. The zero-order valence-corrected chi connectivity index (χ0v) is 20.9. The van der Waals surface area contributed by atoms with Gasteiger partial charge in [0.25, 0.3) is 0 Å². The number of alkyl halides is 2. The number of halogens is 2. The maximum Gasteiger partial charge on any atom is 0.410 e. The Bertz CT molecular complexity index is 1300. The second-order valence-corrected chi connectivity index (χ2v) is 10.4. The lowest BCUT2D eigenvalue weighted by Crippen LogP contribution is -2.55. The SMILES string of the molecule is O=C(c1cccc(OC(F)F)c1)C1CC2CCCC(C1)N2C(=O)OCC1c2ccccc2-c2ccccc21. The van der Waals surface area contributed by atoms with Gasteiger partial charge in [-0.05, 0) is 66.5 Å². The molecule has 1 aliphatic carbocycles. The number of piperidine rings is 2. The average molecular weight is 518 g/mol. The largest absolute Gasteiger partial charge is 0.448 e. The molecule has 2 fully saturated rings. The molecule has 3 aromatic carbocycles. The van der Waals surface area contributed by atoms with Crippen LogP contribution < -0.4 is 4.74 Å². The highest BCUT2D eigenvalue weighted by Gasteiger charge is 2.44. The van der Waals surface area contributed by atoms with Crippen molar-refractivity contribution >= 4 is 11.9 Å².